The summed E-state index contributed by atoms with van der Waals surface area (Å²) in [5.41, 5.74) is 0.386. The lowest BCUT2D eigenvalue weighted by Crippen LogP contribution is -2.39. The SMILES string of the molecule is CC(NC(=O)CN=C1NS(=O)(=O)c2ccccc21)C(=O)O. The van der Waals surface area contributed by atoms with Crippen molar-refractivity contribution < 1.29 is 23.1 Å². The second-order valence-corrected chi connectivity index (χ2v) is 6.04. The zero-order valence-electron chi connectivity index (χ0n) is 11.0. The molecule has 9 heteroatoms. The van der Waals surface area contributed by atoms with Gasteiger partial charge in [0.15, 0.2) is 0 Å². The first kappa shape index (κ1) is 15.0. The fraction of sp³-hybridized carbons (Fsp3) is 0.250. The fourth-order valence-corrected chi connectivity index (χ4v) is 3.00. The van der Waals surface area contributed by atoms with E-state index in [-0.39, 0.29) is 17.3 Å². The van der Waals surface area contributed by atoms with Crippen LogP contribution in [0.25, 0.3) is 0 Å². The van der Waals surface area contributed by atoms with Crippen LogP contribution in [0.2, 0.25) is 0 Å². The van der Waals surface area contributed by atoms with E-state index in [2.05, 4.69) is 15.0 Å². The van der Waals surface area contributed by atoms with E-state index in [4.69, 9.17) is 5.11 Å². The van der Waals surface area contributed by atoms with Gasteiger partial charge in [-0.2, -0.15) is 0 Å². The van der Waals surface area contributed by atoms with Gasteiger partial charge in [-0.1, -0.05) is 12.1 Å². The number of benzene rings is 1. The standard InChI is InChI=1S/C12H13N3O5S/c1-7(12(17)18)14-10(16)6-13-11-8-4-2-3-5-9(8)21(19,20)15-11/h2-5,7H,6H2,1H3,(H,13,15)(H,14,16)(H,17,18). The van der Waals surface area contributed by atoms with E-state index in [1.807, 2.05) is 0 Å². The van der Waals surface area contributed by atoms with Crippen LogP contribution < -0.4 is 10.0 Å². The second kappa shape index (κ2) is 5.52. The van der Waals surface area contributed by atoms with Crippen LogP contribution in [0.3, 0.4) is 0 Å². The number of amides is 1. The highest BCUT2D eigenvalue weighted by atomic mass is 32.2. The van der Waals surface area contributed by atoms with Gasteiger partial charge in [0.25, 0.3) is 10.0 Å². The van der Waals surface area contributed by atoms with Gasteiger partial charge < -0.3 is 10.4 Å². The first-order chi connectivity index (χ1) is 9.81. The molecular weight excluding hydrogens is 298 g/mol. The average molecular weight is 311 g/mol. The molecule has 0 spiro atoms. The normalized spacial score (nSPS) is 18.6. The number of hydrogen-bond acceptors (Lipinski definition) is 5. The number of carbonyl (C=O) groups is 2. The lowest BCUT2D eigenvalue weighted by Gasteiger charge is -2.07. The number of aliphatic imine (C=N–C) groups is 1. The summed E-state index contributed by atoms with van der Waals surface area (Å²) in [6.45, 7) is 0.949. The molecule has 0 saturated heterocycles. The lowest BCUT2D eigenvalue weighted by molar-refractivity contribution is -0.141. The highest BCUT2D eigenvalue weighted by Crippen LogP contribution is 2.21. The van der Waals surface area contributed by atoms with E-state index < -0.39 is 27.9 Å². The predicted molar refractivity (Wildman–Crippen MR) is 73.4 cm³/mol. The minimum Gasteiger partial charge on any atom is -0.480 e. The Morgan fingerprint density at radius 1 is 1.38 bits per heavy atom. The summed E-state index contributed by atoms with van der Waals surface area (Å²) >= 11 is 0. The first-order valence-corrected chi connectivity index (χ1v) is 7.48. The molecule has 0 aromatic heterocycles. The zero-order chi connectivity index (χ0) is 15.6. The molecule has 1 unspecified atom stereocenters. The molecule has 0 aliphatic carbocycles. The Kier molecular flexibility index (Phi) is 3.94. The van der Waals surface area contributed by atoms with Crippen molar-refractivity contribution in [2.75, 3.05) is 6.54 Å². The van der Waals surface area contributed by atoms with Crippen molar-refractivity contribution in [1.82, 2.24) is 10.0 Å². The van der Waals surface area contributed by atoms with Gasteiger partial charge in [-0.3, -0.25) is 19.3 Å². The maximum Gasteiger partial charge on any atom is 0.325 e. The van der Waals surface area contributed by atoms with E-state index in [0.717, 1.165) is 0 Å². The molecule has 1 aromatic carbocycles. The van der Waals surface area contributed by atoms with Crippen LogP contribution in [0, 0.1) is 0 Å². The molecule has 1 aliphatic heterocycles. The molecule has 0 bridgehead atoms. The van der Waals surface area contributed by atoms with Crippen LogP contribution in [0.4, 0.5) is 0 Å². The third-order valence-electron chi connectivity index (χ3n) is 2.79. The highest BCUT2D eigenvalue weighted by Gasteiger charge is 2.30. The van der Waals surface area contributed by atoms with Crippen LogP contribution in [0.5, 0.6) is 0 Å². The van der Waals surface area contributed by atoms with E-state index in [1.54, 1.807) is 18.2 Å². The fourth-order valence-electron chi connectivity index (χ4n) is 1.75. The molecule has 1 atom stereocenters. The van der Waals surface area contributed by atoms with Crippen molar-refractivity contribution in [3.8, 4) is 0 Å². The first-order valence-electron chi connectivity index (χ1n) is 6.00. The lowest BCUT2D eigenvalue weighted by atomic mass is 10.2. The van der Waals surface area contributed by atoms with Gasteiger partial charge >= 0.3 is 5.97 Å². The van der Waals surface area contributed by atoms with E-state index in [0.29, 0.717) is 5.56 Å². The molecule has 21 heavy (non-hydrogen) atoms. The topological polar surface area (TPSA) is 125 Å². The predicted octanol–water partition coefficient (Wildman–Crippen LogP) is -0.686. The van der Waals surface area contributed by atoms with Crippen molar-refractivity contribution in [3.63, 3.8) is 0 Å². The Bertz CT molecular complexity index is 726. The van der Waals surface area contributed by atoms with E-state index in [1.165, 1.54) is 13.0 Å². The van der Waals surface area contributed by atoms with Gasteiger partial charge in [0, 0.05) is 5.56 Å². The van der Waals surface area contributed by atoms with Gasteiger partial charge in [-0.05, 0) is 19.1 Å². The number of aliphatic carboxylic acids is 1. The van der Waals surface area contributed by atoms with Crippen molar-refractivity contribution in [2.45, 2.75) is 17.9 Å². The molecule has 1 amide bonds. The number of nitrogens with one attached hydrogen (secondary N) is 2. The van der Waals surface area contributed by atoms with Crippen molar-refractivity contribution in [3.05, 3.63) is 29.8 Å². The summed E-state index contributed by atoms with van der Waals surface area (Å²) in [4.78, 5) is 26.1. The molecule has 112 valence electrons. The smallest absolute Gasteiger partial charge is 0.325 e. The highest BCUT2D eigenvalue weighted by molar-refractivity contribution is 7.90. The number of carbonyl (C=O) groups excluding carboxylic acids is 1. The maximum atomic E-state index is 11.8. The summed E-state index contributed by atoms with van der Waals surface area (Å²) < 4.78 is 25.9. The summed E-state index contributed by atoms with van der Waals surface area (Å²) in [6.07, 6.45) is 0. The molecule has 1 heterocycles. The number of rotatable bonds is 4. The summed E-state index contributed by atoms with van der Waals surface area (Å²) in [5, 5.41) is 10.9. The number of nitrogens with zero attached hydrogens (tertiary/aromatic N) is 1. The van der Waals surface area contributed by atoms with E-state index in [9.17, 15) is 18.0 Å². The van der Waals surface area contributed by atoms with E-state index >= 15 is 0 Å². The summed E-state index contributed by atoms with van der Waals surface area (Å²) in [7, 11) is -3.65. The van der Waals surface area contributed by atoms with Crippen LogP contribution >= 0.6 is 0 Å². The van der Waals surface area contributed by atoms with Crippen molar-refractivity contribution in [2.24, 2.45) is 4.99 Å². The number of amidine groups is 1. The van der Waals surface area contributed by atoms with Crippen LogP contribution in [-0.2, 0) is 19.6 Å². The Labute approximate surface area is 120 Å². The second-order valence-electron chi connectivity index (χ2n) is 4.39. The molecule has 0 fully saturated rings. The Balaban J connectivity index is 2.14. The van der Waals surface area contributed by atoms with Crippen LogP contribution in [0.1, 0.15) is 12.5 Å². The molecule has 0 saturated carbocycles. The van der Waals surface area contributed by atoms with Crippen molar-refractivity contribution in [1.29, 1.82) is 0 Å². The molecule has 0 radical (unpaired) electrons. The van der Waals surface area contributed by atoms with Gasteiger partial charge in [0.2, 0.25) is 5.91 Å². The number of fused-ring (bicyclic) bond motifs is 1. The monoisotopic (exact) mass is 311 g/mol. The molecule has 8 nitrogen and oxygen atoms in total. The number of hydrogen-bond donors (Lipinski definition) is 3. The minimum atomic E-state index is -3.65. The number of sulfonamides is 1. The van der Waals surface area contributed by atoms with Gasteiger partial charge in [-0.15, -0.1) is 0 Å². The molecule has 1 aromatic rings. The minimum absolute atomic E-state index is 0.0729. The molecule has 3 N–H and O–H groups in total. The number of carboxylic acids is 1. The summed E-state index contributed by atoms with van der Waals surface area (Å²) in [5.74, 6) is -1.70. The molecule has 2 rings (SSSR count). The third kappa shape index (κ3) is 3.19. The molecule has 1 aliphatic rings. The Morgan fingerprint density at radius 2 is 2.05 bits per heavy atom. The quantitative estimate of drug-likeness (QED) is 0.679. The van der Waals surface area contributed by atoms with Crippen molar-refractivity contribution >= 4 is 27.7 Å². The van der Waals surface area contributed by atoms with Gasteiger partial charge in [-0.25, -0.2) is 8.42 Å². The van der Waals surface area contributed by atoms with Crippen LogP contribution in [0.15, 0.2) is 34.2 Å². The molecular formula is C12H13N3O5S. The third-order valence-corrected chi connectivity index (χ3v) is 4.19. The van der Waals surface area contributed by atoms with Gasteiger partial charge in [0.1, 0.15) is 18.4 Å². The van der Waals surface area contributed by atoms with Crippen LogP contribution in [-0.4, -0.2) is 43.8 Å². The zero-order valence-corrected chi connectivity index (χ0v) is 11.8. The summed E-state index contributed by atoms with van der Waals surface area (Å²) in [6, 6.07) is 5.22. The largest absolute Gasteiger partial charge is 0.480 e. The number of carboxylic acid groups (broad SMARTS) is 1. The Morgan fingerprint density at radius 3 is 2.71 bits per heavy atom. The van der Waals surface area contributed by atoms with Gasteiger partial charge in [0.05, 0.1) is 4.90 Å². The average Bonchev–Trinajstić information content (AvgIpc) is 2.68. The Hall–Kier alpha value is -2.42. The maximum absolute atomic E-state index is 11.8.